The molecular formula is C26H19Cl3N2O4S. The molecule has 3 aromatic carbocycles. The van der Waals surface area contributed by atoms with Crippen molar-refractivity contribution in [2.45, 2.75) is 6.61 Å². The molecular weight excluding hydrogens is 543 g/mol. The summed E-state index contributed by atoms with van der Waals surface area (Å²) in [6.07, 6.45) is 1.75. The largest absolute Gasteiger partial charge is 0.487 e. The molecule has 0 radical (unpaired) electrons. The van der Waals surface area contributed by atoms with Crippen LogP contribution in [0.5, 0.6) is 5.75 Å². The van der Waals surface area contributed by atoms with Gasteiger partial charge in [-0.2, -0.15) is 0 Å². The molecule has 1 aliphatic rings. The van der Waals surface area contributed by atoms with Crippen LogP contribution in [-0.4, -0.2) is 36.1 Å². The number of hydrogen-bond donors (Lipinski definition) is 0. The van der Waals surface area contributed by atoms with E-state index in [1.165, 1.54) is 23.8 Å². The molecule has 0 saturated carbocycles. The van der Waals surface area contributed by atoms with Crippen molar-refractivity contribution in [1.82, 2.24) is 4.90 Å². The van der Waals surface area contributed by atoms with Crippen molar-refractivity contribution in [2.24, 2.45) is 4.99 Å². The molecule has 4 rings (SSSR count). The molecule has 184 valence electrons. The fourth-order valence-electron chi connectivity index (χ4n) is 3.22. The summed E-state index contributed by atoms with van der Waals surface area (Å²) in [6, 6.07) is 17.1. The molecule has 0 spiro atoms. The monoisotopic (exact) mass is 560 g/mol. The zero-order valence-corrected chi connectivity index (χ0v) is 22.2. The van der Waals surface area contributed by atoms with Gasteiger partial charge in [0.05, 0.1) is 28.3 Å². The molecule has 0 N–H and O–H groups in total. The number of hydrogen-bond acceptors (Lipinski definition) is 6. The lowest BCUT2D eigenvalue weighted by molar-refractivity contribution is -0.121. The first-order valence-electron chi connectivity index (χ1n) is 10.6. The molecule has 10 heteroatoms. The predicted octanol–water partition coefficient (Wildman–Crippen LogP) is 7.25. The van der Waals surface area contributed by atoms with Crippen LogP contribution in [0.3, 0.4) is 0 Å². The summed E-state index contributed by atoms with van der Waals surface area (Å²) in [5.74, 6) is -0.116. The normalized spacial score (nSPS) is 15.6. The van der Waals surface area contributed by atoms with E-state index >= 15 is 0 Å². The lowest BCUT2D eigenvalue weighted by Gasteiger charge is -2.10. The minimum absolute atomic E-state index is 0.182. The number of halogens is 3. The van der Waals surface area contributed by atoms with Crippen molar-refractivity contribution >= 4 is 75.4 Å². The van der Waals surface area contributed by atoms with Gasteiger partial charge >= 0.3 is 5.97 Å². The van der Waals surface area contributed by atoms with Crippen molar-refractivity contribution in [1.29, 1.82) is 0 Å². The molecule has 6 nitrogen and oxygen atoms in total. The summed E-state index contributed by atoms with van der Waals surface area (Å²) in [7, 11) is 2.98. The third-order valence-corrected chi connectivity index (χ3v) is 7.11. The Balaban J connectivity index is 1.47. The topological polar surface area (TPSA) is 68.2 Å². The van der Waals surface area contributed by atoms with E-state index in [1.54, 1.807) is 67.7 Å². The van der Waals surface area contributed by atoms with Gasteiger partial charge in [-0.15, -0.1) is 0 Å². The Labute approximate surface area is 227 Å². The van der Waals surface area contributed by atoms with Gasteiger partial charge in [0.25, 0.3) is 5.91 Å². The number of carbonyl (C=O) groups excluding carboxylic acids is 2. The number of esters is 1. The van der Waals surface area contributed by atoms with E-state index in [4.69, 9.17) is 44.3 Å². The fraction of sp³-hybridized carbons (Fsp3) is 0.115. The van der Waals surface area contributed by atoms with Crippen LogP contribution in [0.4, 0.5) is 5.69 Å². The number of amidine groups is 1. The van der Waals surface area contributed by atoms with Gasteiger partial charge in [0, 0.05) is 22.7 Å². The van der Waals surface area contributed by atoms with Crippen LogP contribution >= 0.6 is 46.6 Å². The van der Waals surface area contributed by atoms with E-state index in [1.807, 2.05) is 6.07 Å². The van der Waals surface area contributed by atoms with Crippen LogP contribution in [0.1, 0.15) is 21.5 Å². The Hall–Kier alpha value is -2.97. The minimum Gasteiger partial charge on any atom is -0.487 e. The summed E-state index contributed by atoms with van der Waals surface area (Å²) in [5, 5.41) is 1.98. The quantitative estimate of drug-likeness (QED) is 0.234. The molecule has 1 aliphatic heterocycles. The number of carbonyl (C=O) groups is 2. The third kappa shape index (κ3) is 6.05. The molecule has 1 heterocycles. The van der Waals surface area contributed by atoms with Gasteiger partial charge in [0.1, 0.15) is 12.4 Å². The number of likely N-dealkylation sites (N-methyl/N-ethyl adjacent to an activating group) is 1. The highest BCUT2D eigenvalue weighted by atomic mass is 35.5. The van der Waals surface area contributed by atoms with Crippen molar-refractivity contribution in [3.05, 3.63) is 97.3 Å². The lowest BCUT2D eigenvalue weighted by Crippen LogP contribution is -2.23. The Kier molecular flexibility index (Phi) is 8.26. The zero-order valence-electron chi connectivity index (χ0n) is 19.1. The maximum absolute atomic E-state index is 12.8. The molecule has 0 aromatic heterocycles. The van der Waals surface area contributed by atoms with Gasteiger partial charge in [-0.1, -0.05) is 46.9 Å². The number of thioether (sulfide) groups is 1. The Morgan fingerprint density at radius 2 is 1.78 bits per heavy atom. The van der Waals surface area contributed by atoms with Gasteiger partial charge < -0.3 is 9.47 Å². The van der Waals surface area contributed by atoms with Crippen LogP contribution in [0.2, 0.25) is 15.1 Å². The lowest BCUT2D eigenvalue weighted by atomic mass is 10.2. The number of nitrogens with zero attached hydrogens (tertiary/aromatic N) is 2. The van der Waals surface area contributed by atoms with E-state index in [0.29, 0.717) is 42.1 Å². The molecule has 0 atom stereocenters. The number of rotatable bonds is 6. The Morgan fingerprint density at radius 1 is 1.03 bits per heavy atom. The smallest absolute Gasteiger partial charge is 0.337 e. The standard InChI is InChI=1S/C26H19Cl3N2O4S/c1-31-24(32)23(36-26(31)30-19-8-5-16(6-9-19)25(33)34-2)12-15-3-10-22(21(29)11-15)35-14-17-4-7-18(27)13-20(17)28/h3-13H,14H2,1-2H3. The van der Waals surface area contributed by atoms with E-state index in [9.17, 15) is 9.59 Å². The van der Waals surface area contributed by atoms with Crippen molar-refractivity contribution < 1.29 is 19.1 Å². The van der Waals surface area contributed by atoms with Gasteiger partial charge in [-0.05, 0) is 71.9 Å². The van der Waals surface area contributed by atoms with E-state index < -0.39 is 5.97 Å². The SMILES string of the molecule is COC(=O)c1ccc(N=C2SC(=Cc3ccc(OCc4ccc(Cl)cc4Cl)c(Cl)c3)C(=O)N2C)cc1. The Bertz CT molecular complexity index is 1390. The van der Waals surface area contributed by atoms with Crippen molar-refractivity contribution in [3.63, 3.8) is 0 Å². The summed E-state index contributed by atoms with van der Waals surface area (Å²) in [4.78, 5) is 30.9. The number of ether oxygens (including phenoxy) is 2. The number of benzene rings is 3. The van der Waals surface area contributed by atoms with Crippen LogP contribution in [0, 0.1) is 0 Å². The summed E-state index contributed by atoms with van der Waals surface area (Å²) >= 11 is 19.8. The van der Waals surface area contributed by atoms with E-state index in [2.05, 4.69) is 4.99 Å². The van der Waals surface area contributed by atoms with E-state index in [-0.39, 0.29) is 12.5 Å². The second kappa shape index (κ2) is 11.4. The molecule has 0 aliphatic carbocycles. The molecule has 0 unspecified atom stereocenters. The molecule has 3 aromatic rings. The predicted molar refractivity (Wildman–Crippen MR) is 145 cm³/mol. The zero-order chi connectivity index (χ0) is 25.8. The maximum Gasteiger partial charge on any atom is 0.337 e. The fourth-order valence-corrected chi connectivity index (χ4v) is 4.91. The first kappa shape index (κ1) is 26.1. The van der Waals surface area contributed by atoms with Crippen LogP contribution in [0.25, 0.3) is 6.08 Å². The van der Waals surface area contributed by atoms with Gasteiger partial charge in [-0.25, -0.2) is 9.79 Å². The average molecular weight is 562 g/mol. The highest BCUT2D eigenvalue weighted by Gasteiger charge is 2.30. The van der Waals surface area contributed by atoms with Gasteiger partial charge in [-0.3, -0.25) is 9.69 Å². The average Bonchev–Trinajstić information content (AvgIpc) is 3.12. The summed E-state index contributed by atoms with van der Waals surface area (Å²) in [6.45, 7) is 0.232. The first-order chi connectivity index (χ1) is 17.2. The van der Waals surface area contributed by atoms with E-state index in [0.717, 1.165) is 11.1 Å². The van der Waals surface area contributed by atoms with Gasteiger partial charge in [0.15, 0.2) is 5.17 Å². The summed E-state index contributed by atoms with van der Waals surface area (Å²) in [5.41, 5.74) is 2.55. The van der Waals surface area contributed by atoms with Crippen molar-refractivity contribution in [3.8, 4) is 5.75 Å². The highest BCUT2D eigenvalue weighted by Crippen LogP contribution is 2.35. The number of amides is 1. The third-order valence-electron chi connectivity index (χ3n) is 5.17. The van der Waals surface area contributed by atoms with Crippen LogP contribution < -0.4 is 4.74 Å². The highest BCUT2D eigenvalue weighted by molar-refractivity contribution is 8.18. The molecule has 1 saturated heterocycles. The molecule has 1 fully saturated rings. The van der Waals surface area contributed by atoms with Crippen LogP contribution in [-0.2, 0) is 16.1 Å². The minimum atomic E-state index is -0.425. The second-order valence-corrected chi connectivity index (χ2v) is 9.88. The Morgan fingerprint density at radius 3 is 2.44 bits per heavy atom. The molecule has 36 heavy (non-hydrogen) atoms. The first-order valence-corrected chi connectivity index (χ1v) is 12.5. The van der Waals surface area contributed by atoms with Crippen molar-refractivity contribution in [2.75, 3.05) is 14.2 Å². The molecule has 1 amide bonds. The van der Waals surface area contributed by atoms with Gasteiger partial charge in [0.2, 0.25) is 0 Å². The van der Waals surface area contributed by atoms with Crippen LogP contribution in [0.15, 0.2) is 70.6 Å². The molecule has 0 bridgehead atoms. The number of methoxy groups -OCH3 is 1. The second-order valence-electron chi connectivity index (χ2n) is 7.62. The maximum atomic E-state index is 12.8. The summed E-state index contributed by atoms with van der Waals surface area (Å²) < 4.78 is 10.5. The number of aliphatic imine (C=N–C) groups is 1.